The van der Waals surface area contributed by atoms with Gasteiger partial charge in [-0.3, -0.25) is 4.79 Å². The number of allylic oxidation sites excluding steroid dienone is 2. The van der Waals surface area contributed by atoms with Gasteiger partial charge >= 0.3 is 17.9 Å². The molecule has 2 heterocycles. The lowest BCUT2D eigenvalue weighted by atomic mass is 9.80. The average molecular weight is 478 g/mol. The van der Waals surface area contributed by atoms with Gasteiger partial charge in [0.25, 0.3) is 0 Å². The summed E-state index contributed by atoms with van der Waals surface area (Å²) in [7, 11) is 2.21. The van der Waals surface area contributed by atoms with E-state index in [1.54, 1.807) is 0 Å². The van der Waals surface area contributed by atoms with Crippen LogP contribution in [0.25, 0.3) is 0 Å². The summed E-state index contributed by atoms with van der Waals surface area (Å²) in [4.78, 5) is 34.3. The number of carbonyl (C=O) groups excluding carboxylic acids is 1. The zero-order valence-electron chi connectivity index (χ0n) is 20.6. The van der Waals surface area contributed by atoms with Crippen LogP contribution in [0.2, 0.25) is 0 Å². The standard InChI is InChI=1S/C22H35NO3.C4H4O4/c1-15-8-7-13-22(2)20(26-22)19-17(12-11-15)18(21(24)25-19)14-23(3)16-9-5-4-6-10-16;5-3(6)1-2-4(7)8/h8,16-20H,4-7,9-14H2,1-3H3;1-2H,(H,5,6)(H,7,8)/b15-8+;2-1+/t17-,18-,19-,20-,22+;/m0./s1. The van der Waals surface area contributed by atoms with E-state index in [0.717, 1.165) is 32.2 Å². The van der Waals surface area contributed by atoms with Gasteiger partial charge in [-0.15, -0.1) is 0 Å². The molecule has 190 valence electrons. The molecule has 0 unspecified atom stereocenters. The smallest absolute Gasteiger partial charge is 0.328 e. The van der Waals surface area contributed by atoms with Gasteiger partial charge in [-0.1, -0.05) is 30.9 Å². The lowest BCUT2D eigenvalue weighted by molar-refractivity contribution is -0.145. The highest BCUT2D eigenvalue weighted by Gasteiger charge is 2.62. The number of esters is 1. The molecule has 2 aliphatic heterocycles. The fraction of sp³-hybridized carbons (Fsp3) is 0.731. The number of aliphatic carboxylic acids is 2. The molecule has 0 amide bonds. The van der Waals surface area contributed by atoms with Crippen LogP contribution in [-0.2, 0) is 23.9 Å². The van der Waals surface area contributed by atoms with Crippen molar-refractivity contribution < 1.29 is 34.1 Å². The number of fused-ring (bicyclic) bond motifs is 3. The molecule has 8 heteroatoms. The van der Waals surface area contributed by atoms with Crippen LogP contribution in [-0.4, -0.2) is 70.5 Å². The van der Waals surface area contributed by atoms with Crippen LogP contribution in [0.4, 0.5) is 0 Å². The van der Waals surface area contributed by atoms with Crippen molar-refractivity contribution >= 4 is 17.9 Å². The summed E-state index contributed by atoms with van der Waals surface area (Å²) in [6.45, 7) is 5.26. The van der Waals surface area contributed by atoms with E-state index in [2.05, 4.69) is 31.9 Å². The van der Waals surface area contributed by atoms with Gasteiger partial charge in [0.05, 0.1) is 11.5 Å². The predicted molar refractivity (Wildman–Crippen MR) is 126 cm³/mol. The van der Waals surface area contributed by atoms with Crippen molar-refractivity contribution in [3.8, 4) is 0 Å². The molecule has 0 aromatic heterocycles. The number of ether oxygens (including phenoxy) is 2. The third-order valence-corrected chi connectivity index (χ3v) is 7.79. The summed E-state index contributed by atoms with van der Waals surface area (Å²) >= 11 is 0. The van der Waals surface area contributed by atoms with Gasteiger partial charge in [-0.05, 0) is 59.4 Å². The maximum Gasteiger partial charge on any atom is 0.328 e. The number of carboxylic acids is 2. The first-order chi connectivity index (χ1) is 16.1. The molecule has 2 N–H and O–H groups in total. The normalized spacial score (nSPS) is 35.3. The highest BCUT2D eigenvalue weighted by atomic mass is 16.6. The van der Waals surface area contributed by atoms with Crippen LogP contribution < -0.4 is 0 Å². The first-order valence-corrected chi connectivity index (χ1v) is 12.5. The van der Waals surface area contributed by atoms with Crippen molar-refractivity contribution in [2.45, 2.75) is 95.5 Å². The zero-order chi connectivity index (χ0) is 24.9. The van der Waals surface area contributed by atoms with E-state index in [1.165, 1.54) is 37.7 Å². The van der Waals surface area contributed by atoms with Gasteiger partial charge < -0.3 is 24.6 Å². The third kappa shape index (κ3) is 6.92. The van der Waals surface area contributed by atoms with Crippen LogP contribution in [0.3, 0.4) is 0 Å². The van der Waals surface area contributed by atoms with Gasteiger partial charge in [-0.25, -0.2) is 9.59 Å². The van der Waals surface area contributed by atoms with E-state index in [0.29, 0.717) is 24.1 Å². The number of epoxide rings is 1. The minimum absolute atomic E-state index is 0.00704. The average Bonchev–Trinajstić information content (AvgIpc) is 3.37. The lowest BCUT2D eigenvalue weighted by Gasteiger charge is -2.33. The van der Waals surface area contributed by atoms with E-state index < -0.39 is 11.9 Å². The van der Waals surface area contributed by atoms with E-state index in [-0.39, 0.29) is 29.7 Å². The van der Waals surface area contributed by atoms with Crippen molar-refractivity contribution in [3.63, 3.8) is 0 Å². The summed E-state index contributed by atoms with van der Waals surface area (Å²) < 4.78 is 12.0. The summed E-state index contributed by atoms with van der Waals surface area (Å²) in [5.41, 5.74) is 1.35. The second kappa shape index (κ2) is 11.5. The van der Waals surface area contributed by atoms with Crippen molar-refractivity contribution in [2.24, 2.45) is 11.8 Å². The zero-order valence-corrected chi connectivity index (χ0v) is 20.6. The van der Waals surface area contributed by atoms with Crippen molar-refractivity contribution in [3.05, 3.63) is 23.8 Å². The highest BCUT2D eigenvalue weighted by Crippen LogP contribution is 2.50. The Morgan fingerprint density at radius 2 is 1.79 bits per heavy atom. The summed E-state index contributed by atoms with van der Waals surface area (Å²) in [5, 5.41) is 15.6. The molecule has 3 fully saturated rings. The fourth-order valence-corrected chi connectivity index (χ4v) is 5.67. The van der Waals surface area contributed by atoms with Gasteiger partial charge in [0.1, 0.15) is 12.2 Å². The Bertz CT molecular complexity index is 800. The molecule has 34 heavy (non-hydrogen) atoms. The molecule has 0 aromatic rings. The number of hydrogen-bond acceptors (Lipinski definition) is 6. The van der Waals surface area contributed by atoms with Gasteiger partial charge in [0.15, 0.2) is 0 Å². The summed E-state index contributed by atoms with van der Waals surface area (Å²) in [6.07, 6.45) is 14.3. The maximum absolute atomic E-state index is 12.8. The molecule has 4 rings (SSSR count). The molecule has 2 aliphatic carbocycles. The number of carboxylic acid groups (broad SMARTS) is 2. The fourth-order valence-electron chi connectivity index (χ4n) is 5.67. The Balaban J connectivity index is 0.000000350. The molecule has 0 radical (unpaired) electrons. The van der Waals surface area contributed by atoms with Gasteiger partial charge in [0.2, 0.25) is 0 Å². The van der Waals surface area contributed by atoms with Crippen LogP contribution in [0.5, 0.6) is 0 Å². The monoisotopic (exact) mass is 477 g/mol. The van der Waals surface area contributed by atoms with Crippen molar-refractivity contribution in [2.75, 3.05) is 13.6 Å². The molecule has 1 saturated carbocycles. The van der Waals surface area contributed by atoms with Gasteiger partial charge in [-0.2, -0.15) is 0 Å². The van der Waals surface area contributed by atoms with Crippen LogP contribution in [0.15, 0.2) is 23.8 Å². The molecular weight excluding hydrogens is 438 g/mol. The third-order valence-electron chi connectivity index (χ3n) is 7.79. The summed E-state index contributed by atoms with van der Waals surface area (Å²) in [5.74, 6) is -2.20. The Hall–Kier alpha value is -2.19. The van der Waals surface area contributed by atoms with Crippen LogP contribution >= 0.6 is 0 Å². The molecule has 0 aromatic carbocycles. The Labute approximate surface area is 202 Å². The van der Waals surface area contributed by atoms with E-state index in [1.807, 2.05) is 0 Å². The number of rotatable bonds is 5. The lowest BCUT2D eigenvalue weighted by Crippen LogP contribution is -2.40. The number of carbonyl (C=O) groups is 3. The minimum Gasteiger partial charge on any atom is -0.478 e. The van der Waals surface area contributed by atoms with E-state index in [9.17, 15) is 14.4 Å². The molecule has 4 aliphatic rings. The molecule has 8 nitrogen and oxygen atoms in total. The topological polar surface area (TPSA) is 117 Å². The van der Waals surface area contributed by atoms with Gasteiger partial charge in [0, 0.05) is 30.7 Å². The van der Waals surface area contributed by atoms with Crippen molar-refractivity contribution in [1.82, 2.24) is 4.90 Å². The van der Waals surface area contributed by atoms with Crippen molar-refractivity contribution in [1.29, 1.82) is 0 Å². The SMILES string of the molecule is C/C1=C\CC[C@@]2(C)O[C@H]2[C@H]2OC(=O)[C@@H](CN(C)C3CCCCC3)[C@@H]2CC1.O=C(O)/C=C/C(=O)O. The Kier molecular flexibility index (Phi) is 8.93. The first kappa shape index (κ1) is 26.4. The second-order valence-corrected chi connectivity index (χ2v) is 10.4. The van der Waals surface area contributed by atoms with E-state index >= 15 is 0 Å². The highest BCUT2D eigenvalue weighted by molar-refractivity contribution is 5.89. The molecular formula is C26H39NO7. The van der Waals surface area contributed by atoms with E-state index in [4.69, 9.17) is 19.7 Å². The predicted octanol–water partition coefficient (Wildman–Crippen LogP) is 3.80. The largest absolute Gasteiger partial charge is 0.478 e. The molecule has 0 bridgehead atoms. The summed E-state index contributed by atoms with van der Waals surface area (Å²) in [6, 6.07) is 0.638. The Morgan fingerprint density at radius 1 is 1.15 bits per heavy atom. The quantitative estimate of drug-likeness (QED) is 0.266. The Morgan fingerprint density at radius 3 is 2.41 bits per heavy atom. The van der Waals surface area contributed by atoms with Crippen LogP contribution in [0, 0.1) is 11.8 Å². The molecule has 0 spiro atoms. The number of hydrogen-bond donors (Lipinski definition) is 2. The molecule has 5 atom stereocenters. The first-order valence-electron chi connectivity index (χ1n) is 12.5. The maximum atomic E-state index is 12.8. The molecule has 2 saturated heterocycles. The minimum atomic E-state index is -1.26. The number of nitrogens with zero attached hydrogens (tertiary/aromatic N) is 1. The van der Waals surface area contributed by atoms with Crippen LogP contribution in [0.1, 0.15) is 71.6 Å². The second-order valence-electron chi connectivity index (χ2n) is 10.4.